The molecule has 2 N–H and O–H groups in total. The van der Waals surface area contributed by atoms with Crippen LogP contribution in [0.5, 0.6) is 0 Å². The highest BCUT2D eigenvalue weighted by atomic mass is 79.9. The molecule has 1 heterocycles. The van der Waals surface area contributed by atoms with Gasteiger partial charge in [-0.2, -0.15) is 0 Å². The molecule has 1 aromatic heterocycles. The molecule has 3 aromatic rings. The average Bonchev–Trinajstić information content (AvgIpc) is 2.92. The summed E-state index contributed by atoms with van der Waals surface area (Å²) in [7, 11) is 1.51. The molecule has 0 unspecified atom stereocenters. The van der Waals surface area contributed by atoms with Crippen molar-refractivity contribution < 1.29 is 14.0 Å². The Morgan fingerprint density at radius 1 is 1.12 bits per heavy atom. The Morgan fingerprint density at radius 3 is 2.60 bits per heavy atom. The van der Waals surface area contributed by atoms with Crippen molar-refractivity contribution in [2.45, 2.75) is 6.92 Å². The Bertz CT molecular complexity index is 997. The molecule has 0 aliphatic heterocycles. The van der Waals surface area contributed by atoms with Crippen molar-refractivity contribution in [3.05, 3.63) is 62.8 Å². The van der Waals surface area contributed by atoms with E-state index in [1.54, 1.807) is 18.2 Å². The normalized spacial score (nSPS) is 10.7. The van der Waals surface area contributed by atoms with Crippen molar-refractivity contribution in [2.24, 2.45) is 0 Å². The Morgan fingerprint density at radius 2 is 1.88 bits per heavy atom. The largest absolute Gasteiger partial charge is 0.451 e. The van der Waals surface area contributed by atoms with Crippen LogP contribution in [0.25, 0.3) is 11.0 Å². The first kappa shape index (κ1) is 17.5. The number of hydrogen-bond acceptors (Lipinski definition) is 3. The molecule has 3 rings (SSSR count). The minimum Gasteiger partial charge on any atom is -0.451 e. The third-order valence-corrected chi connectivity index (χ3v) is 4.62. The van der Waals surface area contributed by atoms with E-state index < -0.39 is 5.91 Å². The number of nitrogens with one attached hydrogen (secondary N) is 2. The SMILES string of the molecule is CNC(=O)c1cc(NC(=O)c2oc3ccc(Br)cc3c2C)ccc1Cl. The van der Waals surface area contributed by atoms with E-state index in [1.165, 1.54) is 13.1 Å². The van der Waals surface area contributed by atoms with Gasteiger partial charge < -0.3 is 15.1 Å². The Hall–Kier alpha value is -2.31. The Kier molecular flexibility index (Phi) is 4.83. The molecule has 7 heteroatoms. The van der Waals surface area contributed by atoms with Crippen molar-refractivity contribution in [1.29, 1.82) is 0 Å². The number of benzene rings is 2. The van der Waals surface area contributed by atoms with Gasteiger partial charge in [0.25, 0.3) is 11.8 Å². The fraction of sp³-hybridized carbons (Fsp3) is 0.111. The molecule has 0 atom stereocenters. The van der Waals surface area contributed by atoms with Crippen molar-refractivity contribution in [3.8, 4) is 0 Å². The molecule has 2 aromatic carbocycles. The Labute approximate surface area is 157 Å². The lowest BCUT2D eigenvalue weighted by Crippen LogP contribution is -2.19. The molecule has 128 valence electrons. The van der Waals surface area contributed by atoms with Gasteiger partial charge in [0.1, 0.15) is 5.58 Å². The molecule has 0 aliphatic rings. The molecule has 0 saturated heterocycles. The van der Waals surface area contributed by atoms with Gasteiger partial charge in [-0.05, 0) is 43.3 Å². The van der Waals surface area contributed by atoms with E-state index in [0.29, 0.717) is 16.3 Å². The number of carbonyl (C=O) groups excluding carboxylic acids is 2. The zero-order valence-corrected chi connectivity index (χ0v) is 15.8. The second kappa shape index (κ2) is 6.90. The summed E-state index contributed by atoms with van der Waals surface area (Å²) in [5.74, 6) is -0.495. The Balaban J connectivity index is 1.93. The van der Waals surface area contributed by atoms with Crippen LogP contribution >= 0.6 is 27.5 Å². The number of amides is 2. The maximum absolute atomic E-state index is 12.6. The van der Waals surface area contributed by atoms with E-state index in [1.807, 2.05) is 19.1 Å². The lowest BCUT2D eigenvalue weighted by molar-refractivity contribution is 0.0960. The highest BCUT2D eigenvalue weighted by molar-refractivity contribution is 9.10. The number of carbonyl (C=O) groups is 2. The first-order chi connectivity index (χ1) is 11.9. The van der Waals surface area contributed by atoms with Crippen molar-refractivity contribution in [3.63, 3.8) is 0 Å². The van der Waals surface area contributed by atoms with Crippen LogP contribution in [0.4, 0.5) is 5.69 Å². The van der Waals surface area contributed by atoms with Gasteiger partial charge in [0.2, 0.25) is 0 Å². The summed E-state index contributed by atoms with van der Waals surface area (Å²) >= 11 is 9.43. The predicted octanol–water partition coefficient (Wildman–Crippen LogP) is 4.77. The third-order valence-electron chi connectivity index (χ3n) is 3.80. The topological polar surface area (TPSA) is 71.3 Å². The molecule has 5 nitrogen and oxygen atoms in total. The molecule has 0 radical (unpaired) electrons. The monoisotopic (exact) mass is 420 g/mol. The average molecular weight is 422 g/mol. The number of hydrogen-bond donors (Lipinski definition) is 2. The van der Waals surface area contributed by atoms with Crippen molar-refractivity contribution in [2.75, 3.05) is 12.4 Å². The van der Waals surface area contributed by atoms with Gasteiger partial charge >= 0.3 is 0 Å². The summed E-state index contributed by atoms with van der Waals surface area (Å²) in [4.78, 5) is 24.4. The van der Waals surface area contributed by atoms with Crippen LogP contribution in [0.15, 0.2) is 45.3 Å². The zero-order chi connectivity index (χ0) is 18.1. The number of fused-ring (bicyclic) bond motifs is 1. The fourth-order valence-corrected chi connectivity index (χ4v) is 3.07. The van der Waals surface area contributed by atoms with Crippen LogP contribution < -0.4 is 10.6 Å². The summed E-state index contributed by atoms with van der Waals surface area (Å²) < 4.78 is 6.58. The lowest BCUT2D eigenvalue weighted by Gasteiger charge is -2.08. The van der Waals surface area contributed by atoms with Crippen molar-refractivity contribution in [1.82, 2.24) is 5.32 Å². The van der Waals surface area contributed by atoms with E-state index in [-0.39, 0.29) is 17.2 Å². The molecule has 0 fully saturated rings. The molecule has 0 saturated carbocycles. The molecule has 0 spiro atoms. The van der Waals surface area contributed by atoms with Gasteiger partial charge in [-0.1, -0.05) is 27.5 Å². The maximum Gasteiger partial charge on any atom is 0.291 e. The van der Waals surface area contributed by atoms with Gasteiger partial charge in [-0.3, -0.25) is 9.59 Å². The summed E-state index contributed by atoms with van der Waals surface area (Å²) in [6, 6.07) is 10.3. The number of halogens is 2. The predicted molar refractivity (Wildman–Crippen MR) is 101 cm³/mol. The van der Waals surface area contributed by atoms with Gasteiger partial charge in [-0.25, -0.2) is 0 Å². The van der Waals surface area contributed by atoms with Gasteiger partial charge in [0.05, 0.1) is 10.6 Å². The van der Waals surface area contributed by atoms with Gasteiger partial charge in [-0.15, -0.1) is 0 Å². The molecule has 0 aliphatic carbocycles. The van der Waals surface area contributed by atoms with Crippen LogP contribution in [-0.2, 0) is 0 Å². The number of anilines is 1. The van der Waals surface area contributed by atoms with E-state index in [9.17, 15) is 9.59 Å². The maximum atomic E-state index is 12.6. The summed E-state index contributed by atoms with van der Waals surface area (Å²) in [5.41, 5.74) is 2.11. The van der Waals surface area contributed by atoms with Crippen LogP contribution in [0.2, 0.25) is 5.02 Å². The zero-order valence-electron chi connectivity index (χ0n) is 13.4. The molecular formula is C18H14BrClN2O3. The van der Waals surface area contributed by atoms with E-state index in [2.05, 4.69) is 26.6 Å². The number of furan rings is 1. The first-order valence-electron chi connectivity index (χ1n) is 7.42. The summed E-state index contributed by atoms with van der Waals surface area (Å²) in [6.07, 6.45) is 0. The first-order valence-corrected chi connectivity index (χ1v) is 8.59. The highest BCUT2D eigenvalue weighted by Gasteiger charge is 2.19. The van der Waals surface area contributed by atoms with Crippen LogP contribution in [-0.4, -0.2) is 18.9 Å². The summed E-state index contributed by atoms with van der Waals surface area (Å²) in [6.45, 7) is 1.82. The number of aryl methyl sites for hydroxylation is 1. The second-order valence-electron chi connectivity index (χ2n) is 5.42. The quantitative estimate of drug-likeness (QED) is 0.640. The van der Waals surface area contributed by atoms with Gasteiger partial charge in [0, 0.05) is 28.2 Å². The minimum atomic E-state index is -0.394. The highest BCUT2D eigenvalue weighted by Crippen LogP contribution is 2.29. The molecule has 2 amide bonds. The van der Waals surface area contributed by atoms with Gasteiger partial charge in [0.15, 0.2) is 5.76 Å². The second-order valence-corrected chi connectivity index (χ2v) is 6.75. The van der Waals surface area contributed by atoms with E-state index in [4.69, 9.17) is 16.0 Å². The minimum absolute atomic E-state index is 0.226. The smallest absolute Gasteiger partial charge is 0.291 e. The molecular weight excluding hydrogens is 408 g/mol. The molecule has 25 heavy (non-hydrogen) atoms. The lowest BCUT2D eigenvalue weighted by atomic mass is 10.1. The molecule has 0 bridgehead atoms. The van der Waals surface area contributed by atoms with Crippen LogP contribution in [0.3, 0.4) is 0 Å². The fourth-order valence-electron chi connectivity index (χ4n) is 2.51. The van der Waals surface area contributed by atoms with E-state index in [0.717, 1.165) is 15.4 Å². The van der Waals surface area contributed by atoms with Crippen LogP contribution in [0.1, 0.15) is 26.5 Å². The summed E-state index contributed by atoms with van der Waals surface area (Å²) in [5, 5.41) is 6.42. The van der Waals surface area contributed by atoms with E-state index >= 15 is 0 Å². The number of rotatable bonds is 3. The van der Waals surface area contributed by atoms with Crippen LogP contribution in [0, 0.1) is 6.92 Å². The standard InChI is InChI=1S/C18H14BrClN2O3/c1-9-12-7-10(19)3-6-15(12)25-16(9)18(24)22-11-4-5-14(20)13(8-11)17(23)21-2/h3-8H,1-2H3,(H,21,23)(H,22,24). The third kappa shape index (κ3) is 3.41. The van der Waals surface area contributed by atoms with Crippen molar-refractivity contribution >= 4 is 56.0 Å².